The Balaban J connectivity index is 2.35. The Morgan fingerprint density at radius 3 is 1.30 bits per heavy atom. The van der Waals surface area contributed by atoms with Crippen molar-refractivity contribution in [3.05, 3.63) is 60.7 Å². The van der Waals surface area contributed by atoms with Gasteiger partial charge in [0.05, 0.1) is 0 Å². The van der Waals surface area contributed by atoms with Crippen LogP contribution in [-0.4, -0.2) is 32.4 Å². The van der Waals surface area contributed by atoms with Crippen LogP contribution in [0.15, 0.2) is 60.7 Å². The highest BCUT2D eigenvalue weighted by Gasteiger charge is 2.48. The molecule has 0 aromatic heterocycles. The second kappa shape index (κ2) is 8.64. The van der Waals surface area contributed by atoms with E-state index in [0.29, 0.717) is 0 Å². The van der Waals surface area contributed by atoms with E-state index in [1.54, 1.807) is 0 Å². The monoisotopic (exact) mass is 474 g/mol. The smallest absolute Gasteiger partial charge is 0.346 e. The summed E-state index contributed by atoms with van der Waals surface area (Å²) in [6.45, 7) is 12.0. The van der Waals surface area contributed by atoms with Gasteiger partial charge in [-0.25, -0.2) is 0 Å². The summed E-state index contributed by atoms with van der Waals surface area (Å²) in [5, 5.41) is 2.02. The Labute approximate surface area is 176 Å². The Kier molecular flexibility index (Phi) is 7.38. The zero-order valence-electron chi connectivity index (χ0n) is 16.8. The number of benzene rings is 2. The summed E-state index contributed by atoms with van der Waals surface area (Å²) in [7, 11) is -10.2. The van der Waals surface area contributed by atoms with Gasteiger partial charge >= 0.3 is 24.7 Å². The molecular weight excluding hydrogens is 447 g/mol. The van der Waals surface area contributed by atoms with Crippen LogP contribution >= 0.6 is 22.2 Å². The van der Waals surface area contributed by atoms with Gasteiger partial charge in [0.15, 0.2) is 0 Å². The number of halogens is 2. The topological polar surface area (TPSA) is 27.7 Å². The van der Waals surface area contributed by atoms with E-state index in [2.05, 4.69) is 0 Å². The normalized spacial score (nSPS) is 13.6. The van der Waals surface area contributed by atoms with E-state index in [-0.39, 0.29) is 0 Å². The molecule has 0 saturated carbocycles. The van der Waals surface area contributed by atoms with Crippen LogP contribution in [-0.2, 0) is 12.3 Å². The highest BCUT2D eigenvalue weighted by atomic mass is 35.6. The van der Waals surface area contributed by atoms with Crippen molar-refractivity contribution in [3.8, 4) is 0 Å². The average molecular weight is 476 g/mol. The van der Waals surface area contributed by atoms with E-state index in [1.807, 2.05) is 99.9 Å². The first-order valence-electron chi connectivity index (χ1n) is 8.92. The molecule has 0 bridgehead atoms. The van der Waals surface area contributed by atoms with Crippen LogP contribution in [0, 0.1) is 0 Å². The highest BCUT2D eigenvalue weighted by Crippen LogP contribution is 2.26. The van der Waals surface area contributed by atoms with Gasteiger partial charge in [0.2, 0.25) is 0 Å². The molecule has 0 amide bonds. The Morgan fingerprint density at radius 1 is 0.556 bits per heavy atom. The second-order valence-corrected chi connectivity index (χ2v) is 25.2. The fraction of sp³-hybridized carbons (Fsp3) is 0.333. The van der Waals surface area contributed by atoms with Gasteiger partial charge in [-0.05, 0) is 49.7 Å². The SMILES string of the molecule is C[Si](C)(Cl)O[Si](C)(C)O[Si](C)(C)O[Si](Cl)(c1ccccc1)c1ccccc1. The lowest BCUT2D eigenvalue weighted by Gasteiger charge is -2.40. The minimum absolute atomic E-state index is 1.01. The van der Waals surface area contributed by atoms with Crippen molar-refractivity contribution >= 4 is 64.9 Å². The average Bonchev–Trinajstić information content (AvgIpc) is 2.52. The lowest BCUT2D eigenvalue weighted by molar-refractivity contribution is 0.339. The van der Waals surface area contributed by atoms with Gasteiger partial charge in [-0.2, -0.15) is 0 Å². The van der Waals surface area contributed by atoms with Gasteiger partial charge < -0.3 is 12.3 Å². The standard InChI is InChI=1S/C18H28Cl2O3Si4/c1-24(2,19)21-25(3,4)22-26(5,6)23-27(20,17-13-9-7-10-14-17)18-15-11-8-12-16-18/h7-16H,1-6H3. The molecule has 0 aliphatic heterocycles. The quantitative estimate of drug-likeness (QED) is 0.403. The summed E-state index contributed by atoms with van der Waals surface area (Å²) in [6, 6.07) is 20.1. The molecule has 0 aliphatic rings. The maximum atomic E-state index is 7.27. The molecule has 3 nitrogen and oxygen atoms in total. The summed E-state index contributed by atoms with van der Waals surface area (Å²) < 4.78 is 19.3. The molecule has 0 radical (unpaired) electrons. The van der Waals surface area contributed by atoms with Crippen molar-refractivity contribution in [1.29, 1.82) is 0 Å². The van der Waals surface area contributed by atoms with Crippen LogP contribution in [0.4, 0.5) is 0 Å². The predicted octanol–water partition coefficient (Wildman–Crippen LogP) is 4.88. The first kappa shape index (κ1) is 23.1. The molecule has 2 aromatic carbocycles. The lowest BCUT2D eigenvalue weighted by Crippen LogP contribution is -2.64. The van der Waals surface area contributed by atoms with Gasteiger partial charge in [0.1, 0.15) is 0 Å². The molecule has 9 heteroatoms. The van der Waals surface area contributed by atoms with E-state index < -0.39 is 32.4 Å². The fourth-order valence-electron chi connectivity index (χ4n) is 3.15. The van der Waals surface area contributed by atoms with E-state index in [9.17, 15) is 0 Å². The third kappa shape index (κ3) is 6.95. The van der Waals surface area contributed by atoms with E-state index in [4.69, 9.17) is 34.5 Å². The minimum atomic E-state index is -2.94. The third-order valence-electron chi connectivity index (χ3n) is 3.66. The van der Waals surface area contributed by atoms with E-state index in [0.717, 1.165) is 10.4 Å². The van der Waals surface area contributed by atoms with Crippen LogP contribution < -0.4 is 10.4 Å². The lowest BCUT2D eigenvalue weighted by atomic mass is 10.4. The first-order chi connectivity index (χ1) is 12.3. The molecule has 0 spiro atoms. The number of hydrogen-bond donors (Lipinski definition) is 0. The number of hydrogen-bond acceptors (Lipinski definition) is 3. The maximum absolute atomic E-state index is 7.27. The summed E-state index contributed by atoms with van der Waals surface area (Å²) in [6.07, 6.45) is 0. The summed E-state index contributed by atoms with van der Waals surface area (Å²) in [4.78, 5) is 0. The van der Waals surface area contributed by atoms with Crippen LogP contribution in [0.2, 0.25) is 39.3 Å². The van der Waals surface area contributed by atoms with Crippen molar-refractivity contribution in [1.82, 2.24) is 0 Å². The summed E-state index contributed by atoms with van der Waals surface area (Å²) in [5.74, 6) is 0. The molecule has 148 valence electrons. The van der Waals surface area contributed by atoms with Crippen molar-refractivity contribution in [3.63, 3.8) is 0 Å². The molecular formula is C18H28Cl2O3Si4. The van der Waals surface area contributed by atoms with Crippen molar-refractivity contribution < 1.29 is 12.3 Å². The van der Waals surface area contributed by atoms with Crippen LogP contribution in [0.5, 0.6) is 0 Å². The molecule has 0 fully saturated rings. The predicted molar refractivity (Wildman–Crippen MR) is 125 cm³/mol. The van der Waals surface area contributed by atoms with Gasteiger partial charge in [-0.15, -0.1) is 22.2 Å². The van der Waals surface area contributed by atoms with Gasteiger partial charge in [0, 0.05) is 0 Å². The van der Waals surface area contributed by atoms with Crippen molar-refractivity contribution in [2.24, 2.45) is 0 Å². The van der Waals surface area contributed by atoms with E-state index in [1.165, 1.54) is 0 Å². The molecule has 0 aliphatic carbocycles. The van der Waals surface area contributed by atoms with Gasteiger partial charge in [0.25, 0.3) is 7.63 Å². The van der Waals surface area contributed by atoms with Crippen LogP contribution in [0.3, 0.4) is 0 Å². The largest absolute Gasteiger partial charge is 0.425 e. The fourth-order valence-corrected chi connectivity index (χ4v) is 23.0. The van der Waals surface area contributed by atoms with Crippen LogP contribution in [0.1, 0.15) is 0 Å². The van der Waals surface area contributed by atoms with Gasteiger partial charge in [-0.3, -0.25) is 0 Å². The maximum Gasteiger partial charge on any atom is 0.346 e. The molecule has 0 unspecified atom stereocenters. The molecule has 0 heterocycles. The minimum Gasteiger partial charge on any atom is -0.425 e. The summed E-state index contributed by atoms with van der Waals surface area (Å²) in [5.41, 5.74) is 0. The highest BCUT2D eigenvalue weighted by molar-refractivity contribution is 7.32. The van der Waals surface area contributed by atoms with Crippen LogP contribution in [0.25, 0.3) is 0 Å². The first-order valence-corrected chi connectivity index (χ1v) is 21.4. The Morgan fingerprint density at radius 2 is 0.926 bits per heavy atom. The molecule has 2 aromatic rings. The number of rotatable bonds is 8. The molecule has 0 atom stereocenters. The molecule has 2 rings (SSSR count). The summed E-state index contributed by atoms with van der Waals surface area (Å²) >= 11 is 13.7. The van der Waals surface area contributed by atoms with Gasteiger partial charge in [-0.1, -0.05) is 60.7 Å². The molecule has 0 N–H and O–H groups in total. The third-order valence-corrected chi connectivity index (χ3v) is 19.4. The van der Waals surface area contributed by atoms with Crippen molar-refractivity contribution in [2.45, 2.75) is 39.3 Å². The second-order valence-electron chi connectivity index (χ2n) is 7.80. The zero-order chi connectivity index (χ0) is 20.3. The van der Waals surface area contributed by atoms with Crippen molar-refractivity contribution in [2.75, 3.05) is 0 Å². The molecule has 27 heavy (non-hydrogen) atoms. The van der Waals surface area contributed by atoms with E-state index >= 15 is 0 Å². The Bertz CT molecular complexity index is 698. The molecule has 0 saturated heterocycles. The zero-order valence-corrected chi connectivity index (χ0v) is 22.3. The Hall–Kier alpha value is -0.232.